The molecule has 0 bridgehead atoms. The van der Waals surface area contributed by atoms with Gasteiger partial charge in [0.1, 0.15) is 0 Å². The first-order valence-corrected chi connectivity index (χ1v) is 6.73. The number of ether oxygens (including phenoxy) is 2. The molecule has 0 amide bonds. The molecule has 102 valence electrons. The lowest BCUT2D eigenvalue weighted by Crippen LogP contribution is -2.43. The topological polar surface area (TPSA) is 47.7 Å². The van der Waals surface area contributed by atoms with Crippen molar-refractivity contribution in [3.05, 3.63) is 0 Å². The van der Waals surface area contributed by atoms with Crippen LogP contribution in [0.1, 0.15) is 25.7 Å². The molecule has 0 aromatic carbocycles. The van der Waals surface area contributed by atoms with Gasteiger partial charge in [-0.3, -0.25) is 4.90 Å². The highest BCUT2D eigenvalue weighted by molar-refractivity contribution is 4.80. The summed E-state index contributed by atoms with van der Waals surface area (Å²) in [6.07, 6.45) is 5.10. The van der Waals surface area contributed by atoms with Gasteiger partial charge in [-0.15, -0.1) is 0 Å². The highest BCUT2D eigenvalue weighted by Gasteiger charge is 2.23. The van der Waals surface area contributed by atoms with E-state index in [4.69, 9.17) is 15.2 Å². The summed E-state index contributed by atoms with van der Waals surface area (Å²) in [7, 11) is 3.50. The van der Waals surface area contributed by atoms with Gasteiger partial charge in [-0.1, -0.05) is 12.8 Å². The molecular formula is C13H28N2O2. The number of hydrogen-bond acceptors (Lipinski definition) is 4. The van der Waals surface area contributed by atoms with Crippen LogP contribution in [0.15, 0.2) is 0 Å². The molecule has 1 rings (SSSR count). The molecule has 0 saturated heterocycles. The zero-order valence-corrected chi connectivity index (χ0v) is 11.4. The molecule has 0 radical (unpaired) electrons. The first-order valence-electron chi connectivity index (χ1n) is 6.73. The molecule has 0 heterocycles. The van der Waals surface area contributed by atoms with Gasteiger partial charge in [0.15, 0.2) is 0 Å². The first kappa shape index (κ1) is 14.9. The lowest BCUT2D eigenvalue weighted by Gasteiger charge is -2.33. The molecule has 1 aliphatic carbocycles. The summed E-state index contributed by atoms with van der Waals surface area (Å²) in [6.45, 7) is 4.61. The fraction of sp³-hybridized carbons (Fsp3) is 1.00. The van der Waals surface area contributed by atoms with Gasteiger partial charge in [-0.05, 0) is 18.8 Å². The average molecular weight is 244 g/mol. The van der Waals surface area contributed by atoms with Crippen molar-refractivity contribution < 1.29 is 9.47 Å². The van der Waals surface area contributed by atoms with Gasteiger partial charge in [0.05, 0.1) is 13.2 Å². The molecular weight excluding hydrogens is 216 g/mol. The van der Waals surface area contributed by atoms with Gasteiger partial charge in [-0.2, -0.15) is 0 Å². The Morgan fingerprint density at radius 2 is 1.65 bits per heavy atom. The van der Waals surface area contributed by atoms with E-state index >= 15 is 0 Å². The molecule has 0 aromatic rings. The Bertz CT molecular complexity index is 182. The molecule has 2 N–H and O–H groups in total. The highest BCUT2D eigenvalue weighted by Crippen LogP contribution is 2.23. The standard InChI is InChI=1S/C13H28N2O2/c1-16-9-7-15(8-10-17-2)11-12-5-3-4-6-13(12)14/h12-13H,3-11,14H2,1-2H3. The summed E-state index contributed by atoms with van der Waals surface area (Å²) in [5, 5.41) is 0. The Kier molecular flexibility index (Phi) is 7.77. The van der Waals surface area contributed by atoms with Crippen molar-refractivity contribution in [1.82, 2.24) is 4.90 Å². The normalized spacial score (nSPS) is 25.4. The fourth-order valence-electron chi connectivity index (χ4n) is 2.53. The molecule has 0 aliphatic heterocycles. The smallest absolute Gasteiger partial charge is 0.0589 e. The molecule has 4 heteroatoms. The second-order valence-electron chi connectivity index (χ2n) is 4.99. The largest absolute Gasteiger partial charge is 0.383 e. The molecule has 2 atom stereocenters. The van der Waals surface area contributed by atoms with Crippen molar-refractivity contribution in [3.63, 3.8) is 0 Å². The molecule has 4 nitrogen and oxygen atoms in total. The van der Waals surface area contributed by atoms with Crippen LogP contribution in [0.3, 0.4) is 0 Å². The van der Waals surface area contributed by atoms with Crippen molar-refractivity contribution in [2.75, 3.05) is 47.1 Å². The van der Waals surface area contributed by atoms with E-state index in [0.29, 0.717) is 12.0 Å². The van der Waals surface area contributed by atoms with E-state index in [1.165, 1.54) is 25.7 Å². The monoisotopic (exact) mass is 244 g/mol. The van der Waals surface area contributed by atoms with Crippen LogP contribution in [0, 0.1) is 5.92 Å². The summed E-state index contributed by atoms with van der Waals surface area (Å²) in [6, 6.07) is 0.385. The Labute approximate surface area is 105 Å². The molecule has 1 saturated carbocycles. The summed E-state index contributed by atoms with van der Waals surface area (Å²) in [5.74, 6) is 0.650. The van der Waals surface area contributed by atoms with Crippen LogP contribution in [0.25, 0.3) is 0 Å². The van der Waals surface area contributed by atoms with Crippen LogP contribution in [-0.2, 0) is 9.47 Å². The van der Waals surface area contributed by atoms with Crippen LogP contribution in [0.5, 0.6) is 0 Å². The van der Waals surface area contributed by atoms with Crippen LogP contribution >= 0.6 is 0 Å². The summed E-state index contributed by atoms with van der Waals surface area (Å²) in [4.78, 5) is 2.42. The van der Waals surface area contributed by atoms with Crippen LogP contribution in [0.2, 0.25) is 0 Å². The van der Waals surface area contributed by atoms with Gasteiger partial charge in [0, 0.05) is 39.9 Å². The average Bonchev–Trinajstić information content (AvgIpc) is 2.35. The lowest BCUT2D eigenvalue weighted by molar-refractivity contribution is 0.0946. The van der Waals surface area contributed by atoms with E-state index in [-0.39, 0.29) is 0 Å². The summed E-state index contributed by atoms with van der Waals surface area (Å²) >= 11 is 0. The van der Waals surface area contributed by atoms with Gasteiger partial charge < -0.3 is 15.2 Å². The van der Waals surface area contributed by atoms with Gasteiger partial charge in [-0.25, -0.2) is 0 Å². The predicted octanol–water partition coefficient (Wildman–Crippen LogP) is 1.10. The van der Waals surface area contributed by atoms with Crippen molar-refractivity contribution in [3.8, 4) is 0 Å². The maximum absolute atomic E-state index is 6.20. The van der Waals surface area contributed by atoms with E-state index in [1.807, 2.05) is 0 Å². The Hall–Kier alpha value is -0.160. The Balaban J connectivity index is 2.33. The predicted molar refractivity (Wildman–Crippen MR) is 70.1 cm³/mol. The van der Waals surface area contributed by atoms with E-state index < -0.39 is 0 Å². The minimum atomic E-state index is 0.385. The fourth-order valence-corrected chi connectivity index (χ4v) is 2.53. The lowest BCUT2D eigenvalue weighted by atomic mass is 9.85. The van der Waals surface area contributed by atoms with Crippen molar-refractivity contribution >= 4 is 0 Å². The molecule has 1 fully saturated rings. The number of nitrogens with zero attached hydrogens (tertiary/aromatic N) is 1. The van der Waals surface area contributed by atoms with Gasteiger partial charge in [0.2, 0.25) is 0 Å². The number of hydrogen-bond donors (Lipinski definition) is 1. The van der Waals surface area contributed by atoms with E-state index in [0.717, 1.165) is 32.8 Å². The van der Waals surface area contributed by atoms with Crippen molar-refractivity contribution in [2.24, 2.45) is 11.7 Å². The first-order chi connectivity index (χ1) is 8.27. The maximum Gasteiger partial charge on any atom is 0.0589 e. The van der Waals surface area contributed by atoms with Gasteiger partial charge in [0.25, 0.3) is 0 Å². The van der Waals surface area contributed by atoms with Crippen LogP contribution in [-0.4, -0.2) is 58.0 Å². The SMILES string of the molecule is COCCN(CCOC)CC1CCCCC1N. The molecule has 2 unspecified atom stereocenters. The second kappa shape index (κ2) is 8.86. The minimum absolute atomic E-state index is 0.385. The number of nitrogens with two attached hydrogens (primary N) is 1. The summed E-state index contributed by atoms with van der Waals surface area (Å²) < 4.78 is 10.3. The van der Waals surface area contributed by atoms with E-state index in [1.54, 1.807) is 14.2 Å². The molecule has 0 spiro atoms. The molecule has 0 aromatic heterocycles. The second-order valence-corrected chi connectivity index (χ2v) is 4.99. The quantitative estimate of drug-likeness (QED) is 0.694. The Morgan fingerprint density at radius 1 is 1.06 bits per heavy atom. The van der Waals surface area contributed by atoms with Gasteiger partial charge >= 0.3 is 0 Å². The summed E-state index contributed by atoms with van der Waals surface area (Å²) in [5.41, 5.74) is 6.20. The number of methoxy groups -OCH3 is 2. The van der Waals surface area contributed by atoms with Crippen LogP contribution in [0.4, 0.5) is 0 Å². The maximum atomic E-state index is 6.20. The zero-order valence-electron chi connectivity index (χ0n) is 11.4. The molecule has 1 aliphatic rings. The van der Waals surface area contributed by atoms with E-state index in [2.05, 4.69) is 4.90 Å². The minimum Gasteiger partial charge on any atom is -0.383 e. The Morgan fingerprint density at radius 3 is 2.18 bits per heavy atom. The number of rotatable bonds is 8. The van der Waals surface area contributed by atoms with Crippen LogP contribution < -0.4 is 5.73 Å². The van der Waals surface area contributed by atoms with E-state index in [9.17, 15) is 0 Å². The third-order valence-corrected chi connectivity index (χ3v) is 3.68. The third kappa shape index (κ3) is 5.82. The molecule has 17 heavy (non-hydrogen) atoms. The zero-order chi connectivity index (χ0) is 12.5. The van der Waals surface area contributed by atoms with Crippen molar-refractivity contribution in [2.45, 2.75) is 31.7 Å². The highest BCUT2D eigenvalue weighted by atomic mass is 16.5. The third-order valence-electron chi connectivity index (χ3n) is 3.68. The van der Waals surface area contributed by atoms with Crippen molar-refractivity contribution in [1.29, 1.82) is 0 Å².